The van der Waals surface area contributed by atoms with E-state index in [-0.39, 0.29) is 12.5 Å². The molecule has 0 aliphatic carbocycles. The molecule has 1 amide bonds. The lowest BCUT2D eigenvalue weighted by Gasteiger charge is -2.29. The molecule has 1 heterocycles. The van der Waals surface area contributed by atoms with Crippen LogP contribution in [0.2, 0.25) is 0 Å². The van der Waals surface area contributed by atoms with E-state index >= 15 is 0 Å². The number of piperidine rings is 1. The smallest absolute Gasteiger partial charge is 0.245 e. The van der Waals surface area contributed by atoms with Crippen molar-refractivity contribution in [3.05, 3.63) is 0 Å². The molecule has 1 aliphatic rings. The molecule has 0 saturated carbocycles. The highest BCUT2D eigenvalue weighted by Gasteiger charge is 2.20. The van der Waals surface area contributed by atoms with E-state index in [1.54, 1.807) is 0 Å². The second-order valence-electron chi connectivity index (χ2n) is 3.97. The highest BCUT2D eigenvalue weighted by molar-refractivity contribution is 5.77. The number of ether oxygens (including phenoxy) is 1. The summed E-state index contributed by atoms with van der Waals surface area (Å²) in [6, 6.07) is 0. The maximum Gasteiger partial charge on any atom is 0.245 e. The second kappa shape index (κ2) is 5.98. The van der Waals surface area contributed by atoms with Gasteiger partial charge in [0.15, 0.2) is 0 Å². The molecule has 4 nitrogen and oxygen atoms in total. The molecule has 2 N–H and O–H groups in total. The number of hydrogen-bond acceptors (Lipinski definition) is 3. The molecule has 0 radical (unpaired) electrons. The van der Waals surface area contributed by atoms with Gasteiger partial charge in [0.05, 0.1) is 0 Å². The zero-order chi connectivity index (χ0) is 10.4. The second-order valence-corrected chi connectivity index (χ2v) is 3.97. The van der Waals surface area contributed by atoms with Crippen LogP contribution >= 0.6 is 0 Å². The number of rotatable bonds is 4. The van der Waals surface area contributed by atoms with Crippen molar-refractivity contribution in [2.45, 2.75) is 13.3 Å². The van der Waals surface area contributed by atoms with E-state index < -0.39 is 0 Å². The number of amides is 1. The largest absolute Gasteiger partial charge is 0.375 e. The molecular weight excluding hydrogens is 180 g/mol. The summed E-state index contributed by atoms with van der Waals surface area (Å²) in [6.45, 7) is 5.27. The summed E-state index contributed by atoms with van der Waals surface area (Å²) < 4.78 is 4.74. The van der Waals surface area contributed by atoms with Crippen molar-refractivity contribution in [3.8, 4) is 0 Å². The van der Waals surface area contributed by atoms with Gasteiger partial charge in [-0.15, -0.1) is 0 Å². The van der Waals surface area contributed by atoms with Crippen LogP contribution in [0, 0.1) is 11.8 Å². The van der Waals surface area contributed by atoms with Gasteiger partial charge in [-0.3, -0.25) is 4.79 Å². The van der Waals surface area contributed by atoms with Crippen molar-refractivity contribution >= 4 is 5.91 Å². The lowest BCUT2D eigenvalue weighted by Crippen LogP contribution is -2.42. The summed E-state index contributed by atoms with van der Waals surface area (Å²) in [4.78, 5) is 11.1. The molecule has 0 bridgehead atoms. The zero-order valence-electron chi connectivity index (χ0n) is 9.01. The Kier molecular flexibility index (Phi) is 4.90. The zero-order valence-corrected chi connectivity index (χ0v) is 9.01. The standard InChI is InChI=1S/C10H20N2O2/c1-8-3-4-11-5-9(8)6-12-10(13)7-14-2/h8-9,11H,3-7H2,1-2H3,(H,12,13). The van der Waals surface area contributed by atoms with E-state index in [0.29, 0.717) is 11.8 Å². The molecule has 0 spiro atoms. The third-order valence-corrected chi connectivity index (χ3v) is 2.82. The van der Waals surface area contributed by atoms with Crippen LogP contribution in [0.25, 0.3) is 0 Å². The Morgan fingerprint density at radius 1 is 1.64 bits per heavy atom. The van der Waals surface area contributed by atoms with Gasteiger partial charge in [-0.1, -0.05) is 6.92 Å². The molecule has 0 aromatic carbocycles. The van der Waals surface area contributed by atoms with Crippen LogP contribution in [-0.2, 0) is 9.53 Å². The topological polar surface area (TPSA) is 50.4 Å². The molecule has 1 fully saturated rings. The van der Waals surface area contributed by atoms with Gasteiger partial charge in [0, 0.05) is 13.7 Å². The number of carbonyl (C=O) groups excluding carboxylic acids is 1. The summed E-state index contributed by atoms with van der Waals surface area (Å²) in [5.74, 6) is 1.23. The molecule has 2 atom stereocenters. The molecule has 14 heavy (non-hydrogen) atoms. The fourth-order valence-electron chi connectivity index (χ4n) is 1.75. The van der Waals surface area contributed by atoms with Crippen LogP contribution < -0.4 is 10.6 Å². The summed E-state index contributed by atoms with van der Waals surface area (Å²) in [6.07, 6.45) is 1.20. The van der Waals surface area contributed by atoms with Crippen molar-refractivity contribution in [2.24, 2.45) is 11.8 Å². The van der Waals surface area contributed by atoms with E-state index in [4.69, 9.17) is 4.74 Å². The number of nitrogens with one attached hydrogen (secondary N) is 2. The van der Waals surface area contributed by atoms with E-state index in [1.165, 1.54) is 13.5 Å². The van der Waals surface area contributed by atoms with Crippen LogP contribution in [0.4, 0.5) is 0 Å². The summed E-state index contributed by atoms with van der Waals surface area (Å²) in [5, 5.41) is 6.22. The average Bonchev–Trinajstić information content (AvgIpc) is 2.17. The highest BCUT2D eigenvalue weighted by atomic mass is 16.5. The normalized spacial score (nSPS) is 27.3. The van der Waals surface area contributed by atoms with Gasteiger partial charge in [0.2, 0.25) is 5.91 Å². The maximum absolute atomic E-state index is 11.1. The number of hydrogen-bond donors (Lipinski definition) is 2. The Morgan fingerprint density at radius 3 is 3.07 bits per heavy atom. The van der Waals surface area contributed by atoms with Crippen LogP contribution in [0.3, 0.4) is 0 Å². The number of methoxy groups -OCH3 is 1. The first-order valence-electron chi connectivity index (χ1n) is 5.20. The first-order valence-corrected chi connectivity index (χ1v) is 5.20. The van der Waals surface area contributed by atoms with Gasteiger partial charge >= 0.3 is 0 Å². The molecule has 82 valence electrons. The summed E-state index contributed by atoms with van der Waals surface area (Å²) in [7, 11) is 1.53. The third-order valence-electron chi connectivity index (χ3n) is 2.82. The van der Waals surface area contributed by atoms with Gasteiger partial charge in [-0.25, -0.2) is 0 Å². The van der Waals surface area contributed by atoms with Gasteiger partial charge in [-0.2, -0.15) is 0 Å². The van der Waals surface area contributed by atoms with Crippen molar-refractivity contribution in [1.29, 1.82) is 0 Å². The van der Waals surface area contributed by atoms with Gasteiger partial charge in [0.25, 0.3) is 0 Å². The van der Waals surface area contributed by atoms with Crippen LogP contribution in [0.5, 0.6) is 0 Å². The molecular formula is C10H20N2O2. The van der Waals surface area contributed by atoms with E-state index in [2.05, 4.69) is 17.6 Å². The summed E-state index contributed by atoms with van der Waals surface area (Å²) in [5.41, 5.74) is 0. The van der Waals surface area contributed by atoms with E-state index in [9.17, 15) is 4.79 Å². The van der Waals surface area contributed by atoms with Crippen LogP contribution in [0.1, 0.15) is 13.3 Å². The lowest BCUT2D eigenvalue weighted by molar-refractivity contribution is -0.125. The summed E-state index contributed by atoms with van der Waals surface area (Å²) >= 11 is 0. The Balaban J connectivity index is 2.19. The Bertz CT molecular complexity index is 185. The fourth-order valence-corrected chi connectivity index (χ4v) is 1.75. The average molecular weight is 200 g/mol. The van der Waals surface area contributed by atoms with Crippen molar-refractivity contribution in [1.82, 2.24) is 10.6 Å². The van der Waals surface area contributed by atoms with Crippen LogP contribution in [-0.4, -0.2) is 39.3 Å². The molecule has 4 heteroatoms. The Morgan fingerprint density at radius 2 is 2.43 bits per heavy atom. The van der Waals surface area contributed by atoms with Gasteiger partial charge < -0.3 is 15.4 Å². The number of carbonyl (C=O) groups is 1. The molecule has 1 saturated heterocycles. The molecule has 0 aromatic rings. The predicted octanol–water partition coefficient (Wildman–Crippen LogP) is -0.00540. The molecule has 0 aromatic heterocycles. The monoisotopic (exact) mass is 200 g/mol. The first-order chi connectivity index (χ1) is 6.74. The predicted molar refractivity (Wildman–Crippen MR) is 55.0 cm³/mol. The Labute approximate surface area is 85.4 Å². The Hall–Kier alpha value is -0.610. The minimum Gasteiger partial charge on any atom is -0.375 e. The fraction of sp³-hybridized carbons (Fsp3) is 0.900. The molecule has 1 rings (SSSR count). The van der Waals surface area contributed by atoms with E-state index in [1.807, 2.05) is 0 Å². The quantitative estimate of drug-likeness (QED) is 0.671. The van der Waals surface area contributed by atoms with Crippen LogP contribution in [0.15, 0.2) is 0 Å². The van der Waals surface area contributed by atoms with Gasteiger partial charge in [-0.05, 0) is 31.3 Å². The molecule has 1 aliphatic heterocycles. The van der Waals surface area contributed by atoms with Crippen molar-refractivity contribution in [3.63, 3.8) is 0 Å². The first kappa shape index (κ1) is 11.5. The minimum atomic E-state index is -0.0229. The molecule has 2 unspecified atom stereocenters. The maximum atomic E-state index is 11.1. The minimum absolute atomic E-state index is 0.0229. The van der Waals surface area contributed by atoms with Crippen molar-refractivity contribution < 1.29 is 9.53 Å². The van der Waals surface area contributed by atoms with E-state index in [0.717, 1.165) is 19.6 Å². The van der Waals surface area contributed by atoms with Gasteiger partial charge in [0.1, 0.15) is 6.61 Å². The highest BCUT2D eigenvalue weighted by Crippen LogP contribution is 2.17. The third kappa shape index (κ3) is 3.64. The SMILES string of the molecule is COCC(=O)NCC1CNCCC1C. The van der Waals surface area contributed by atoms with Crippen molar-refractivity contribution in [2.75, 3.05) is 33.4 Å². The lowest BCUT2D eigenvalue weighted by atomic mass is 9.88.